The van der Waals surface area contributed by atoms with Gasteiger partial charge in [-0.05, 0) is 44.7 Å². The van der Waals surface area contributed by atoms with Gasteiger partial charge in [0.1, 0.15) is 11.5 Å². The molecule has 0 spiro atoms. The van der Waals surface area contributed by atoms with Gasteiger partial charge in [0.05, 0.1) is 12.1 Å². The smallest absolute Gasteiger partial charge is 0.239 e. The van der Waals surface area contributed by atoms with Gasteiger partial charge >= 0.3 is 0 Å². The molecular weight excluding hydrogens is 264 g/mol. The largest absolute Gasteiger partial charge is 0.464 e. The number of halogens is 1. The number of amides is 1. The molecule has 1 fully saturated rings. The van der Waals surface area contributed by atoms with Crippen LogP contribution in [0.5, 0.6) is 0 Å². The molecule has 2 N–H and O–H groups in total. The number of furan rings is 1. The van der Waals surface area contributed by atoms with E-state index in [4.69, 9.17) is 10.2 Å². The fourth-order valence-electron chi connectivity index (χ4n) is 2.57. The van der Waals surface area contributed by atoms with E-state index in [9.17, 15) is 4.79 Å². The Morgan fingerprint density at radius 3 is 2.74 bits per heavy atom. The molecule has 3 unspecified atom stereocenters. The van der Waals surface area contributed by atoms with Crippen molar-refractivity contribution in [2.75, 3.05) is 6.54 Å². The summed E-state index contributed by atoms with van der Waals surface area (Å²) >= 11 is 0. The van der Waals surface area contributed by atoms with Gasteiger partial charge in [0.25, 0.3) is 0 Å². The second-order valence-electron chi connectivity index (χ2n) is 5.41. The Balaban J connectivity index is 0.00000180. The molecule has 3 atom stereocenters. The van der Waals surface area contributed by atoms with Crippen LogP contribution in [0.1, 0.15) is 44.3 Å². The number of piperidine rings is 1. The summed E-state index contributed by atoms with van der Waals surface area (Å²) < 4.78 is 5.70. The minimum atomic E-state index is -0.447. The summed E-state index contributed by atoms with van der Waals surface area (Å²) in [5.74, 6) is 2.39. The van der Waals surface area contributed by atoms with E-state index in [1.165, 1.54) is 0 Å². The predicted octanol–water partition coefficient (Wildman–Crippen LogP) is 2.66. The minimum absolute atomic E-state index is 0. The summed E-state index contributed by atoms with van der Waals surface area (Å²) in [6.07, 6.45) is 1.99. The van der Waals surface area contributed by atoms with Crippen LogP contribution < -0.4 is 5.73 Å². The Bertz CT molecular complexity index is 431. The quantitative estimate of drug-likeness (QED) is 0.909. The lowest BCUT2D eigenvalue weighted by Crippen LogP contribution is -2.47. The molecule has 2 rings (SSSR count). The molecule has 1 amide bonds. The number of carbonyl (C=O) groups is 1. The average molecular weight is 287 g/mol. The van der Waals surface area contributed by atoms with E-state index in [2.05, 4.69) is 6.92 Å². The summed E-state index contributed by atoms with van der Waals surface area (Å²) in [5.41, 5.74) is 5.73. The second kappa shape index (κ2) is 6.44. The Kier molecular flexibility index (Phi) is 5.44. The Labute approximate surface area is 120 Å². The summed E-state index contributed by atoms with van der Waals surface area (Å²) in [7, 11) is 0. The SMILES string of the molecule is Cc1ccc(C2CC(C)CCN2C(=O)C(C)N)o1.Cl. The van der Waals surface area contributed by atoms with Crippen LogP contribution in [0.4, 0.5) is 0 Å². The average Bonchev–Trinajstić information content (AvgIpc) is 2.74. The van der Waals surface area contributed by atoms with Crippen molar-refractivity contribution in [1.29, 1.82) is 0 Å². The maximum absolute atomic E-state index is 12.2. The second-order valence-corrected chi connectivity index (χ2v) is 5.41. The Hall–Kier alpha value is -1.00. The number of nitrogens with zero attached hydrogens (tertiary/aromatic N) is 1. The number of likely N-dealkylation sites (tertiary alicyclic amines) is 1. The van der Waals surface area contributed by atoms with E-state index in [0.717, 1.165) is 30.9 Å². The summed E-state index contributed by atoms with van der Waals surface area (Å²) in [6, 6.07) is 3.51. The minimum Gasteiger partial charge on any atom is -0.464 e. The van der Waals surface area contributed by atoms with E-state index in [-0.39, 0.29) is 24.4 Å². The van der Waals surface area contributed by atoms with Crippen LogP contribution in [0.25, 0.3) is 0 Å². The van der Waals surface area contributed by atoms with Crippen molar-refractivity contribution in [2.24, 2.45) is 11.7 Å². The van der Waals surface area contributed by atoms with Gasteiger partial charge in [-0.15, -0.1) is 12.4 Å². The van der Waals surface area contributed by atoms with Crippen molar-refractivity contribution in [2.45, 2.75) is 45.7 Å². The maximum atomic E-state index is 12.2. The number of carbonyl (C=O) groups excluding carboxylic acids is 1. The molecule has 1 aromatic heterocycles. The van der Waals surface area contributed by atoms with Crippen LogP contribution in [0.15, 0.2) is 16.5 Å². The van der Waals surface area contributed by atoms with Crippen LogP contribution >= 0.6 is 12.4 Å². The topological polar surface area (TPSA) is 59.5 Å². The first-order valence-corrected chi connectivity index (χ1v) is 6.61. The molecule has 0 bridgehead atoms. The van der Waals surface area contributed by atoms with Crippen molar-refractivity contribution < 1.29 is 9.21 Å². The molecule has 108 valence electrons. The van der Waals surface area contributed by atoms with Crippen molar-refractivity contribution in [3.8, 4) is 0 Å². The molecule has 4 nitrogen and oxygen atoms in total. The highest BCUT2D eigenvalue weighted by Crippen LogP contribution is 2.35. The Morgan fingerprint density at radius 1 is 1.53 bits per heavy atom. The highest BCUT2D eigenvalue weighted by Gasteiger charge is 2.33. The van der Waals surface area contributed by atoms with Crippen molar-refractivity contribution in [3.63, 3.8) is 0 Å². The highest BCUT2D eigenvalue weighted by molar-refractivity contribution is 5.85. The standard InChI is InChI=1S/C14H22N2O2.ClH/c1-9-6-7-16(14(17)11(3)15)12(8-9)13-5-4-10(2)18-13;/h4-5,9,11-12H,6-8,15H2,1-3H3;1H. The molecule has 1 aromatic rings. The van der Waals surface area contributed by atoms with Crippen molar-refractivity contribution in [3.05, 3.63) is 23.7 Å². The molecule has 19 heavy (non-hydrogen) atoms. The first kappa shape index (κ1) is 16.1. The van der Waals surface area contributed by atoms with Gasteiger partial charge in [-0.2, -0.15) is 0 Å². The third-order valence-corrected chi connectivity index (χ3v) is 3.63. The van der Waals surface area contributed by atoms with Gasteiger partial charge in [-0.1, -0.05) is 6.92 Å². The molecule has 5 heteroatoms. The molecule has 0 saturated carbocycles. The lowest BCUT2D eigenvalue weighted by molar-refractivity contribution is -0.137. The van der Waals surface area contributed by atoms with Gasteiger partial charge < -0.3 is 15.1 Å². The zero-order valence-electron chi connectivity index (χ0n) is 11.8. The fraction of sp³-hybridized carbons (Fsp3) is 0.643. The third-order valence-electron chi connectivity index (χ3n) is 3.63. The zero-order valence-corrected chi connectivity index (χ0v) is 12.6. The summed E-state index contributed by atoms with van der Waals surface area (Å²) in [4.78, 5) is 14.0. The van der Waals surface area contributed by atoms with Gasteiger partial charge in [0.15, 0.2) is 0 Å². The first-order valence-electron chi connectivity index (χ1n) is 6.61. The van der Waals surface area contributed by atoms with E-state index < -0.39 is 6.04 Å². The maximum Gasteiger partial charge on any atom is 0.239 e. The normalized spacial score (nSPS) is 24.7. The molecule has 1 saturated heterocycles. The van der Waals surface area contributed by atoms with Crippen LogP contribution in [-0.2, 0) is 4.79 Å². The van der Waals surface area contributed by atoms with Gasteiger partial charge in [-0.3, -0.25) is 4.79 Å². The van der Waals surface area contributed by atoms with Crippen LogP contribution in [0.2, 0.25) is 0 Å². The molecule has 0 aliphatic carbocycles. The van der Waals surface area contributed by atoms with Crippen LogP contribution in [-0.4, -0.2) is 23.4 Å². The number of hydrogen-bond acceptors (Lipinski definition) is 3. The lowest BCUT2D eigenvalue weighted by atomic mass is 9.90. The number of hydrogen-bond donors (Lipinski definition) is 1. The molecule has 1 aliphatic rings. The van der Waals surface area contributed by atoms with Crippen molar-refractivity contribution in [1.82, 2.24) is 4.90 Å². The number of rotatable bonds is 2. The zero-order chi connectivity index (χ0) is 13.3. The first-order chi connectivity index (χ1) is 8.49. The van der Waals surface area contributed by atoms with E-state index in [1.807, 2.05) is 24.0 Å². The fourth-order valence-corrected chi connectivity index (χ4v) is 2.57. The van der Waals surface area contributed by atoms with Gasteiger partial charge in [-0.25, -0.2) is 0 Å². The molecule has 1 aliphatic heterocycles. The van der Waals surface area contributed by atoms with Crippen molar-refractivity contribution >= 4 is 18.3 Å². The monoisotopic (exact) mass is 286 g/mol. The number of aryl methyl sites for hydroxylation is 1. The van der Waals surface area contributed by atoms with Crippen LogP contribution in [0, 0.1) is 12.8 Å². The molecular formula is C14H23ClN2O2. The van der Waals surface area contributed by atoms with Gasteiger partial charge in [0, 0.05) is 6.54 Å². The lowest BCUT2D eigenvalue weighted by Gasteiger charge is -2.38. The van der Waals surface area contributed by atoms with Crippen LogP contribution in [0.3, 0.4) is 0 Å². The Morgan fingerprint density at radius 2 is 2.21 bits per heavy atom. The third kappa shape index (κ3) is 3.51. The molecule has 0 aromatic carbocycles. The van der Waals surface area contributed by atoms with Gasteiger partial charge in [0.2, 0.25) is 5.91 Å². The molecule has 2 heterocycles. The summed E-state index contributed by atoms with van der Waals surface area (Å²) in [5, 5.41) is 0. The number of nitrogens with two attached hydrogens (primary N) is 1. The molecule has 0 radical (unpaired) electrons. The highest BCUT2D eigenvalue weighted by atomic mass is 35.5. The van der Waals surface area contributed by atoms with E-state index >= 15 is 0 Å². The van der Waals surface area contributed by atoms with E-state index in [0.29, 0.717) is 5.92 Å². The van der Waals surface area contributed by atoms with E-state index in [1.54, 1.807) is 6.92 Å². The predicted molar refractivity (Wildman–Crippen MR) is 77.2 cm³/mol. The summed E-state index contributed by atoms with van der Waals surface area (Å²) in [6.45, 7) is 6.65.